The summed E-state index contributed by atoms with van der Waals surface area (Å²) in [5.74, 6) is 0.340. The number of rotatable bonds is 6. The van der Waals surface area contributed by atoms with Crippen LogP contribution in [0.4, 0.5) is 5.69 Å². The van der Waals surface area contributed by atoms with Crippen molar-refractivity contribution in [1.29, 1.82) is 0 Å². The highest BCUT2D eigenvalue weighted by atomic mass is 35.5. The van der Waals surface area contributed by atoms with Crippen molar-refractivity contribution in [2.75, 3.05) is 11.9 Å². The Labute approximate surface area is 161 Å². The first-order valence-corrected chi connectivity index (χ1v) is 8.73. The highest BCUT2D eigenvalue weighted by Gasteiger charge is 2.15. The van der Waals surface area contributed by atoms with E-state index in [0.29, 0.717) is 28.1 Å². The lowest BCUT2D eigenvalue weighted by Crippen LogP contribution is -2.33. The number of carbonyl (C=O) groups is 2. The largest absolute Gasteiger partial charge is 0.441 e. The fourth-order valence-corrected chi connectivity index (χ4v) is 2.65. The summed E-state index contributed by atoms with van der Waals surface area (Å²) in [7, 11) is 0. The van der Waals surface area contributed by atoms with Crippen LogP contribution in [0.2, 0.25) is 5.02 Å². The van der Waals surface area contributed by atoms with Gasteiger partial charge in [0.2, 0.25) is 17.7 Å². The van der Waals surface area contributed by atoms with Gasteiger partial charge in [0.05, 0.1) is 18.7 Å². The molecule has 0 saturated heterocycles. The van der Waals surface area contributed by atoms with Crippen LogP contribution in [0, 0.1) is 6.92 Å². The van der Waals surface area contributed by atoms with Crippen LogP contribution in [0.1, 0.15) is 11.5 Å². The molecule has 2 aromatic carbocycles. The number of amides is 2. The molecule has 0 unspecified atom stereocenters. The average molecular weight is 384 g/mol. The van der Waals surface area contributed by atoms with Crippen molar-refractivity contribution in [3.63, 3.8) is 0 Å². The van der Waals surface area contributed by atoms with E-state index in [1.54, 1.807) is 37.3 Å². The van der Waals surface area contributed by atoms with E-state index in [4.69, 9.17) is 16.0 Å². The minimum Gasteiger partial charge on any atom is -0.441 e. The molecular weight excluding hydrogens is 366 g/mol. The van der Waals surface area contributed by atoms with Gasteiger partial charge in [0.1, 0.15) is 5.76 Å². The first-order valence-electron chi connectivity index (χ1n) is 8.35. The first kappa shape index (κ1) is 18.7. The fraction of sp³-hybridized carbons (Fsp3) is 0.150. The number of halogens is 1. The third-order valence-electron chi connectivity index (χ3n) is 3.80. The van der Waals surface area contributed by atoms with E-state index in [9.17, 15) is 9.59 Å². The van der Waals surface area contributed by atoms with Gasteiger partial charge in [-0.15, -0.1) is 0 Å². The molecule has 1 heterocycles. The van der Waals surface area contributed by atoms with Gasteiger partial charge in [-0.2, -0.15) is 0 Å². The van der Waals surface area contributed by atoms with Crippen molar-refractivity contribution in [3.8, 4) is 11.5 Å². The SMILES string of the molecule is Cc1oc(-c2cccc(Cl)c2)nc1CC(=O)NCC(=O)Nc1ccccc1. The summed E-state index contributed by atoms with van der Waals surface area (Å²) < 4.78 is 5.63. The third-order valence-corrected chi connectivity index (χ3v) is 4.03. The van der Waals surface area contributed by atoms with Gasteiger partial charge in [0.25, 0.3) is 0 Å². The van der Waals surface area contributed by atoms with Crippen LogP contribution >= 0.6 is 11.6 Å². The Bertz CT molecular complexity index is 954. The van der Waals surface area contributed by atoms with Crippen LogP contribution in [0.3, 0.4) is 0 Å². The van der Waals surface area contributed by atoms with Gasteiger partial charge in [-0.1, -0.05) is 35.9 Å². The summed E-state index contributed by atoms with van der Waals surface area (Å²) in [6, 6.07) is 16.2. The molecular formula is C20H18ClN3O3. The molecule has 0 aliphatic rings. The molecule has 6 nitrogen and oxygen atoms in total. The molecule has 27 heavy (non-hydrogen) atoms. The molecule has 3 rings (SSSR count). The molecule has 7 heteroatoms. The maximum Gasteiger partial charge on any atom is 0.243 e. The number of hydrogen-bond donors (Lipinski definition) is 2. The number of benzene rings is 2. The molecule has 2 N–H and O–H groups in total. The van der Waals surface area contributed by atoms with Crippen molar-refractivity contribution >= 4 is 29.1 Å². The fourth-order valence-electron chi connectivity index (χ4n) is 2.46. The second kappa shape index (κ2) is 8.51. The van der Waals surface area contributed by atoms with Crippen molar-refractivity contribution in [2.45, 2.75) is 13.3 Å². The molecule has 0 bridgehead atoms. The van der Waals surface area contributed by atoms with Gasteiger partial charge in [0.15, 0.2) is 0 Å². The monoisotopic (exact) mass is 383 g/mol. The molecule has 1 aromatic heterocycles. The van der Waals surface area contributed by atoms with Crippen LogP contribution in [0.25, 0.3) is 11.5 Å². The van der Waals surface area contributed by atoms with E-state index in [1.807, 2.05) is 24.3 Å². The maximum absolute atomic E-state index is 12.1. The summed E-state index contributed by atoms with van der Waals surface area (Å²) in [4.78, 5) is 28.4. The number of aromatic nitrogens is 1. The quantitative estimate of drug-likeness (QED) is 0.681. The lowest BCUT2D eigenvalue weighted by molar-refractivity contribution is -0.123. The normalized spacial score (nSPS) is 10.4. The van der Waals surface area contributed by atoms with Gasteiger partial charge >= 0.3 is 0 Å². The number of nitrogens with zero attached hydrogens (tertiary/aromatic N) is 1. The molecule has 0 fully saturated rings. The van der Waals surface area contributed by atoms with E-state index in [-0.39, 0.29) is 24.8 Å². The number of carbonyl (C=O) groups excluding carboxylic acids is 2. The van der Waals surface area contributed by atoms with Gasteiger partial charge in [-0.3, -0.25) is 9.59 Å². The van der Waals surface area contributed by atoms with Crippen molar-refractivity contribution in [3.05, 3.63) is 71.1 Å². The molecule has 0 aliphatic heterocycles. The van der Waals surface area contributed by atoms with E-state index in [2.05, 4.69) is 15.6 Å². The van der Waals surface area contributed by atoms with E-state index >= 15 is 0 Å². The second-order valence-electron chi connectivity index (χ2n) is 5.90. The molecule has 0 aliphatic carbocycles. The molecule has 2 amide bonds. The summed E-state index contributed by atoms with van der Waals surface area (Å²) in [6.45, 7) is 1.62. The predicted octanol–water partition coefficient (Wildman–Crippen LogP) is 3.60. The number of para-hydroxylation sites is 1. The highest BCUT2D eigenvalue weighted by molar-refractivity contribution is 6.30. The zero-order valence-electron chi connectivity index (χ0n) is 14.7. The number of aryl methyl sites for hydroxylation is 1. The van der Waals surface area contributed by atoms with Crippen molar-refractivity contribution in [1.82, 2.24) is 10.3 Å². The summed E-state index contributed by atoms with van der Waals surface area (Å²) in [5, 5.41) is 5.86. The first-order chi connectivity index (χ1) is 13.0. The standard InChI is InChI=1S/C20H18ClN3O3/c1-13-17(24-20(27-13)14-6-5-7-15(21)10-14)11-18(25)22-12-19(26)23-16-8-3-2-4-9-16/h2-10H,11-12H2,1H3,(H,22,25)(H,23,26). The van der Waals surface area contributed by atoms with E-state index in [1.165, 1.54) is 0 Å². The summed E-state index contributed by atoms with van der Waals surface area (Å²) in [5.41, 5.74) is 1.93. The molecule has 0 atom stereocenters. The van der Waals surface area contributed by atoms with Crippen LogP contribution in [-0.4, -0.2) is 23.3 Å². The van der Waals surface area contributed by atoms with Gasteiger partial charge in [-0.05, 0) is 37.3 Å². The zero-order chi connectivity index (χ0) is 19.2. The topological polar surface area (TPSA) is 84.2 Å². The van der Waals surface area contributed by atoms with Gasteiger partial charge in [0, 0.05) is 16.3 Å². The van der Waals surface area contributed by atoms with Crippen molar-refractivity contribution < 1.29 is 14.0 Å². The van der Waals surface area contributed by atoms with Gasteiger partial charge in [-0.25, -0.2) is 4.98 Å². The van der Waals surface area contributed by atoms with Crippen LogP contribution in [-0.2, 0) is 16.0 Å². The zero-order valence-corrected chi connectivity index (χ0v) is 15.4. The number of anilines is 1. The Hall–Kier alpha value is -3.12. The highest BCUT2D eigenvalue weighted by Crippen LogP contribution is 2.24. The lowest BCUT2D eigenvalue weighted by atomic mass is 10.2. The summed E-state index contributed by atoms with van der Waals surface area (Å²) in [6.07, 6.45) is 0.0223. The van der Waals surface area contributed by atoms with Crippen LogP contribution in [0.15, 0.2) is 59.0 Å². The predicted molar refractivity (Wildman–Crippen MR) is 103 cm³/mol. The van der Waals surface area contributed by atoms with Crippen LogP contribution < -0.4 is 10.6 Å². The molecule has 138 valence electrons. The van der Waals surface area contributed by atoms with Gasteiger partial charge < -0.3 is 15.1 Å². The minimum atomic E-state index is -0.313. The Morgan fingerprint density at radius 1 is 1.07 bits per heavy atom. The smallest absolute Gasteiger partial charge is 0.243 e. The second-order valence-corrected chi connectivity index (χ2v) is 6.34. The molecule has 0 saturated carbocycles. The van der Waals surface area contributed by atoms with E-state index in [0.717, 1.165) is 5.56 Å². The Morgan fingerprint density at radius 2 is 1.85 bits per heavy atom. The van der Waals surface area contributed by atoms with Crippen molar-refractivity contribution in [2.24, 2.45) is 0 Å². The summed E-state index contributed by atoms with van der Waals surface area (Å²) >= 11 is 5.98. The Morgan fingerprint density at radius 3 is 2.59 bits per heavy atom. The number of oxazole rings is 1. The number of nitrogens with one attached hydrogen (secondary N) is 2. The minimum absolute atomic E-state index is 0.0223. The third kappa shape index (κ3) is 5.18. The molecule has 3 aromatic rings. The Balaban J connectivity index is 1.56. The molecule has 0 radical (unpaired) electrons. The Kier molecular flexibility index (Phi) is 5.88. The average Bonchev–Trinajstić information content (AvgIpc) is 3.01. The maximum atomic E-state index is 12.1. The molecule has 0 spiro atoms. The lowest BCUT2D eigenvalue weighted by Gasteiger charge is -2.06. The van der Waals surface area contributed by atoms with E-state index < -0.39 is 0 Å². The van der Waals surface area contributed by atoms with Crippen LogP contribution in [0.5, 0.6) is 0 Å². The number of hydrogen-bond acceptors (Lipinski definition) is 4.